The van der Waals surface area contributed by atoms with Crippen molar-refractivity contribution in [3.8, 4) is 0 Å². The second-order valence-electron chi connectivity index (χ2n) is 5.84. The second kappa shape index (κ2) is 6.52. The molecule has 130 valence electrons. The number of nitrogens with zero attached hydrogens (tertiary/aromatic N) is 2. The third kappa shape index (κ3) is 2.96. The van der Waals surface area contributed by atoms with Gasteiger partial charge in [-0.3, -0.25) is 0 Å². The molecule has 1 aliphatic rings. The molecule has 1 atom stereocenters. The highest BCUT2D eigenvalue weighted by molar-refractivity contribution is 7.89. The maximum Gasteiger partial charge on any atom is 0.246 e. The van der Waals surface area contributed by atoms with Crippen molar-refractivity contribution in [1.29, 1.82) is 0 Å². The Hall–Kier alpha value is -1.18. The lowest BCUT2D eigenvalue weighted by Gasteiger charge is -2.23. The van der Waals surface area contributed by atoms with Gasteiger partial charge < -0.3 is 0 Å². The van der Waals surface area contributed by atoms with Gasteiger partial charge in [0.25, 0.3) is 0 Å². The van der Waals surface area contributed by atoms with Gasteiger partial charge in [-0.1, -0.05) is 41.4 Å². The summed E-state index contributed by atoms with van der Waals surface area (Å²) >= 11 is 13.8. The van der Waals surface area contributed by atoms with Crippen LogP contribution in [0.15, 0.2) is 47.4 Å². The fourth-order valence-electron chi connectivity index (χ4n) is 3.15. The van der Waals surface area contributed by atoms with Crippen LogP contribution in [0.3, 0.4) is 0 Å². The molecule has 1 fully saturated rings. The third-order valence-electron chi connectivity index (χ3n) is 4.28. The predicted molar refractivity (Wildman–Crippen MR) is 102 cm³/mol. The van der Waals surface area contributed by atoms with Crippen molar-refractivity contribution in [1.82, 2.24) is 9.29 Å². The number of hydrogen-bond acceptors (Lipinski definition) is 4. The van der Waals surface area contributed by atoms with Gasteiger partial charge in [0, 0.05) is 6.54 Å². The van der Waals surface area contributed by atoms with E-state index in [0.717, 1.165) is 28.1 Å². The maximum absolute atomic E-state index is 13.2. The van der Waals surface area contributed by atoms with E-state index < -0.39 is 10.0 Å². The van der Waals surface area contributed by atoms with Crippen LogP contribution in [0, 0.1) is 0 Å². The first kappa shape index (κ1) is 17.2. The maximum atomic E-state index is 13.2. The van der Waals surface area contributed by atoms with E-state index in [1.807, 2.05) is 24.3 Å². The van der Waals surface area contributed by atoms with Crippen LogP contribution in [-0.2, 0) is 10.0 Å². The Balaban J connectivity index is 1.78. The molecule has 1 saturated heterocycles. The zero-order valence-corrected chi connectivity index (χ0v) is 16.2. The smallest absolute Gasteiger partial charge is 0.239 e. The average molecular weight is 413 g/mol. The van der Waals surface area contributed by atoms with Crippen LogP contribution < -0.4 is 0 Å². The quantitative estimate of drug-likeness (QED) is 0.598. The number of hydrogen-bond donors (Lipinski definition) is 0. The van der Waals surface area contributed by atoms with Crippen LogP contribution in [0.4, 0.5) is 0 Å². The largest absolute Gasteiger partial charge is 0.246 e. The Morgan fingerprint density at radius 1 is 1.08 bits per heavy atom. The number of thiazole rings is 1. The van der Waals surface area contributed by atoms with Crippen molar-refractivity contribution in [2.75, 3.05) is 6.54 Å². The van der Waals surface area contributed by atoms with Crippen LogP contribution in [0.25, 0.3) is 10.2 Å². The fraction of sp³-hybridized carbons (Fsp3) is 0.235. The molecule has 2 heterocycles. The minimum Gasteiger partial charge on any atom is -0.239 e. The van der Waals surface area contributed by atoms with Crippen LogP contribution in [0.2, 0.25) is 10.0 Å². The first-order valence-corrected chi connectivity index (χ1v) is 10.8. The molecule has 0 bridgehead atoms. The van der Waals surface area contributed by atoms with Gasteiger partial charge in [-0.2, -0.15) is 4.31 Å². The minimum atomic E-state index is -3.80. The molecule has 0 N–H and O–H groups in total. The van der Waals surface area contributed by atoms with Crippen molar-refractivity contribution in [3.63, 3.8) is 0 Å². The topological polar surface area (TPSA) is 50.3 Å². The molecule has 0 radical (unpaired) electrons. The molecule has 0 saturated carbocycles. The van der Waals surface area contributed by atoms with Gasteiger partial charge in [0.2, 0.25) is 10.0 Å². The van der Waals surface area contributed by atoms with Crippen molar-refractivity contribution in [2.24, 2.45) is 0 Å². The lowest BCUT2D eigenvalue weighted by Crippen LogP contribution is -2.31. The predicted octanol–water partition coefficient (Wildman–Crippen LogP) is 5.13. The molecule has 3 aromatic rings. The summed E-state index contributed by atoms with van der Waals surface area (Å²) in [6.45, 7) is 0.435. The van der Waals surface area contributed by atoms with E-state index >= 15 is 0 Å². The number of fused-ring (bicyclic) bond motifs is 1. The van der Waals surface area contributed by atoms with Gasteiger partial charge in [0.05, 0.1) is 26.3 Å². The Kier molecular flexibility index (Phi) is 4.50. The number of benzene rings is 2. The molecule has 0 amide bonds. The zero-order valence-electron chi connectivity index (χ0n) is 13.0. The standard InChI is InChI=1S/C17H14Cl2N2O2S2/c18-11-5-3-6-12(19)16(11)25(22,23)21-10-4-8-14(21)17-20-13-7-1-2-9-15(13)24-17/h1-3,5-7,9,14H,4,8,10H2/t14-/m0/s1. The Morgan fingerprint density at radius 2 is 1.80 bits per heavy atom. The van der Waals surface area contributed by atoms with Gasteiger partial charge in [0.15, 0.2) is 0 Å². The highest BCUT2D eigenvalue weighted by Gasteiger charge is 2.39. The summed E-state index contributed by atoms with van der Waals surface area (Å²) in [7, 11) is -3.80. The number of sulfonamides is 1. The van der Waals surface area contributed by atoms with Crippen LogP contribution >= 0.6 is 34.5 Å². The molecule has 4 rings (SSSR count). The molecule has 25 heavy (non-hydrogen) atoms. The average Bonchev–Trinajstić information content (AvgIpc) is 3.21. The van der Waals surface area contributed by atoms with Crippen molar-refractivity contribution >= 4 is 54.8 Å². The summed E-state index contributed by atoms with van der Waals surface area (Å²) in [6.07, 6.45) is 1.52. The summed E-state index contributed by atoms with van der Waals surface area (Å²) in [5.74, 6) is 0. The molecule has 1 aliphatic heterocycles. The Labute approximate surface area is 160 Å². The third-order valence-corrected chi connectivity index (χ3v) is 8.29. The zero-order chi connectivity index (χ0) is 17.6. The highest BCUT2D eigenvalue weighted by Crippen LogP contribution is 2.42. The summed E-state index contributed by atoms with van der Waals surface area (Å²) in [4.78, 5) is 4.62. The van der Waals surface area contributed by atoms with E-state index in [9.17, 15) is 8.42 Å². The monoisotopic (exact) mass is 412 g/mol. The molecule has 8 heteroatoms. The van der Waals surface area contributed by atoms with E-state index in [2.05, 4.69) is 4.98 Å². The van der Waals surface area contributed by atoms with Gasteiger partial charge in [-0.25, -0.2) is 13.4 Å². The SMILES string of the molecule is O=S(=O)(c1c(Cl)cccc1Cl)N1CCC[C@H]1c1nc2ccccc2s1. The normalized spacial score (nSPS) is 18.9. The number of aromatic nitrogens is 1. The second-order valence-corrected chi connectivity index (χ2v) is 9.55. The molecule has 4 nitrogen and oxygen atoms in total. The van der Waals surface area contributed by atoms with Crippen LogP contribution in [0.5, 0.6) is 0 Å². The van der Waals surface area contributed by atoms with Gasteiger partial charge in [0.1, 0.15) is 9.90 Å². The molecular weight excluding hydrogens is 399 g/mol. The van der Waals surface area contributed by atoms with E-state index in [-0.39, 0.29) is 21.0 Å². The summed E-state index contributed by atoms with van der Waals surface area (Å²) < 4.78 is 29.0. The molecule has 0 spiro atoms. The van der Waals surface area contributed by atoms with E-state index in [1.165, 1.54) is 15.6 Å². The fourth-order valence-corrected chi connectivity index (χ4v) is 7.09. The number of rotatable bonds is 3. The minimum absolute atomic E-state index is 0.0219. The summed E-state index contributed by atoms with van der Waals surface area (Å²) in [5.41, 5.74) is 0.891. The van der Waals surface area contributed by atoms with E-state index in [1.54, 1.807) is 18.2 Å². The van der Waals surface area contributed by atoms with Crippen molar-refractivity contribution in [3.05, 3.63) is 57.5 Å². The first-order valence-electron chi connectivity index (χ1n) is 7.80. The lowest BCUT2D eigenvalue weighted by molar-refractivity contribution is 0.396. The lowest BCUT2D eigenvalue weighted by atomic mass is 10.2. The molecule has 0 unspecified atom stereocenters. The van der Waals surface area contributed by atoms with Crippen LogP contribution in [-0.4, -0.2) is 24.3 Å². The molecular formula is C17H14Cl2N2O2S2. The summed E-state index contributed by atoms with van der Waals surface area (Å²) in [6, 6.07) is 12.3. The summed E-state index contributed by atoms with van der Waals surface area (Å²) in [5, 5.41) is 1.09. The van der Waals surface area contributed by atoms with Crippen molar-refractivity contribution < 1.29 is 8.42 Å². The van der Waals surface area contributed by atoms with E-state index in [0.29, 0.717) is 6.54 Å². The van der Waals surface area contributed by atoms with Gasteiger partial charge in [-0.05, 0) is 37.1 Å². The highest BCUT2D eigenvalue weighted by atomic mass is 35.5. The first-order chi connectivity index (χ1) is 12.0. The number of para-hydroxylation sites is 1. The van der Waals surface area contributed by atoms with E-state index in [4.69, 9.17) is 23.2 Å². The molecule has 1 aromatic heterocycles. The Morgan fingerprint density at radius 3 is 2.52 bits per heavy atom. The van der Waals surface area contributed by atoms with Crippen LogP contribution in [0.1, 0.15) is 23.9 Å². The molecule has 2 aromatic carbocycles. The molecule has 0 aliphatic carbocycles. The van der Waals surface area contributed by atoms with Gasteiger partial charge in [-0.15, -0.1) is 11.3 Å². The van der Waals surface area contributed by atoms with Crippen molar-refractivity contribution in [2.45, 2.75) is 23.8 Å². The Bertz CT molecular complexity index is 996. The number of halogens is 2. The van der Waals surface area contributed by atoms with Gasteiger partial charge >= 0.3 is 0 Å².